The molecule has 6 nitrogen and oxygen atoms in total. The maximum atomic E-state index is 13.4. The molecule has 2 unspecified atom stereocenters. The van der Waals surface area contributed by atoms with Gasteiger partial charge in [-0.25, -0.2) is 8.78 Å². The maximum absolute atomic E-state index is 13.4. The fourth-order valence-electron chi connectivity index (χ4n) is 3.55. The first-order chi connectivity index (χ1) is 13.7. The zero-order valence-electron chi connectivity index (χ0n) is 16.4. The molecule has 2 aliphatic heterocycles. The van der Waals surface area contributed by atoms with Crippen LogP contribution in [-0.4, -0.2) is 65.1 Å². The minimum absolute atomic E-state index is 0.248. The zero-order valence-corrected chi connectivity index (χ0v) is 16.4. The average molecular weight is 396 g/mol. The van der Waals surface area contributed by atoms with Gasteiger partial charge in [0, 0.05) is 58.2 Å². The third-order valence-electron chi connectivity index (χ3n) is 5.19. The van der Waals surface area contributed by atoms with Gasteiger partial charge >= 0.3 is 0 Å². The third kappa shape index (κ3) is 6.04. The highest BCUT2D eigenvalue weighted by Gasteiger charge is 2.23. The van der Waals surface area contributed by atoms with Crippen LogP contribution in [0.15, 0.2) is 23.2 Å². The molecule has 0 spiro atoms. The summed E-state index contributed by atoms with van der Waals surface area (Å²) in [5, 5.41) is 6.65. The van der Waals surface area contributed by atoms with Crippen molar-refractivity contribution in [2.24, 2.45) is 10.9 Å². The first kappa shape index (κ1) is 20.8. The lowest BCUT2D eigenvalue weighted by atomic mass is 10.1. The van der Waals surface area contributed by atoms with E-state index in [9.17, 15) is 8.78 Å². The monoisotopic (exact) mass is 396 g/mol. The van der Waals surface area contributed by atoms with E-state index < -0.39 is 11.6 Å². The number of hydrogen-bond donors (Lipinski definition) is 2. The molecule has 0 aliphatic carbocycles. The molecule has 3 rings (SSSR count). The molecule has 156 valence electrons. The second kappa shape index (κ2) is 10.6. The SMILES string of the molecule is CN=C(NCCCOC1CCOC1)NCC1CCN(c2ccc(F)c(F)c2)C1. The number of aliphatic imine (C=N–C) groups is 1. The molecule has 0 radical (unpaired) electrons. The average Bonchev–Trinajstić information content (AvgIpc) is 3.38. The molecular weight excluding hydrogens is 366 g/mol. The van der Waals surface area contributed by atoms with Gasteiger partial charge in [-0.3, -0.25) is 4.99 Å². The minimum Gasteiger partial charge on any atom is -0.379 e. The Morgan fingerprint density at radius 3 is 2.93 bits per heavy atom. The molecule has 0 amide bonds. The molecule has 0 aromatic heterocycles. The van der Waals surface area contributed by atoms with Crippen molar-refractivity contribution in [3.8, 4) is 0 Å². The number of hydrogen-bond acceptors (Lipinski definition) is 4. The molecule has 1 aromatic rings. The van der Waals surface area contributed by atoms with Gasteiger partial charge in [0.1, 0.15) is 0 Å². The molecule has 2 N–H and O–H groups in total. The number of nitrogens with zero attached hydrogens (tertiary/aromatic N) is 2. The lowest BCUT2D eigenvalue weighted by Crippen LogP contribution is -2.40. The molecular formula is C20H30F2N4O2. The third-order valence-corrected chi connectivity index (χ3v) is 5.19. The van der Waals surface area contributed by atoms with E-state index in [1.165, 1.54) is 12.1 Å². The molecule has 2 fully saturated rings. The van der Waals surface area contributed by atoms with Crippen LogP contribution >= 0.6 is 0 Å². The smallest absolute Gasteiger partial charge is 0.190 e. The topological polar surface area (TPSA) is 58.1 Å². The van der Waals surface area contributed by atoms with Gasteiger partial charge in [0.25, 0.3) is 0 Å². The summed E-state index contributed by atoms with van der Waals surface area (Å²) < 4.78 is 37.6. The Morgan fingerprint density at radius 1 is 1.29 bits per heavy atom. The van der Waals surface area contributed by atoms with E-state index in [-0.39, 0.29) is 6.10 Å². The summed E-state index contributed by atoms with van der Waals surface area (Å²) in [5.41, 5.74) is 0.733. The fraction of sp³-hybridized carbons (Fsp3) is 0.650. The minimum atomic E-state index is -0.807. The second-order valence-electron chi connectivity index (χ2n) is 7.29. The molecule has 1 aromatic carbocycles. The number of rotatable bonds is 8. The van der Waals surface area contributed by atoms with E-state index in [0.717, 1.165) is 63.7 Å². The molecule has 0 bridgehead atoms. The lowest BCUT2D eigenvalue weighted by molar-refractivity contribution is 0.0420. The highest BCUT2D eigenvalue weighted by molar-refractivity contribution is 5.79. The van der Waals surface area contributed by atoms with E-state index in [1.54, 1.807) is 13.1 Å². The Bertz CT molecular complexity index is 653. The molecule has 28 heavy (non-hydrogen) atoms. The van der Waals surface area contributed by atoms with Crippen LogP contribution in [0.1, 0.15) is 19.3 Å². The Hall–Kier alpha value is -1.93. The van der Waals surface area contributed by atoms with Gasteiger partial charge in [-0.05, 0) is 37.3 Å². The van der Waals surface area contributed by atoms with E-state index in [0.29, 0.717) is 19.1 Å². The van der Waals surface area contributed by atoms with Crippen LogP contribution in [-0.2, 0) is 9.47 Å². The first-order valence-corrected chi connectivity index (χ1v) is 9.99. The normalized spacial score (nSPS) is 22.7. The predicted octanol–water partition coefficient (Wildman–Crippen LogP) is 2.15. The largest absolute Gasteiger partial charge is 0.379 e. The maximum Gasteiger partial charge on any atom is 0.190 e. The Morgan fingerprint density at radius 2 is 2.18 bits per heavy atom. The van der Waals surface area contributed by atoms with Crippen LogP contribution in [0.2, 0.25) is 0 Å². The number of nitrogens with one attached hydrogen (secondary N) is 2. The number of halogens is 2. The van der Waals surface area contributed by atoms with Gasteiger partial charge in [-0.2, -0.15) is 0 Å². The zero-order chi connectivity index (χ0) is 19.8. The highest BCUT2D eigenvalue weighted by Crippen LogP contribution is 2.24. The van der Waals surface area contributed by atoms with Crippen LogP contribution < -0.4 is 15.5 Å². The van der Waals surface area contributed by atoms with Crippen molar-refractivity contribution < 1.29 is 18.3 Å². The van der Waals surface area contributed by atoms with Crippen LogP contribution in [0.4, 0.5) is 14.5 Å². The van der Waals surface area contributed by atoms with Gasteiger partial charge in [-0.1, -0.05) is 0 Å². The van der Waals surface area contributed by atoms with Crippen LogP contribution in [0.25, 0.3) is 0 Å². The number of benzene rings is 1. The summed E-state index contributed by atoms with van der Waals surface area (Å²) in [6.45, 7) is 5.45. The van der Waals surface area contributed by atoms with Crippen molar-refractivity contribution in [1.82, 2.24) is 10.6 Å². The fourth-order valence-corrected chi connectivity index (χ4v) is 3.55. The van der Waals surface area contributed by atoms with Crippen molar-refractivity contribution in [3.63, 3.8) is 0 Å². The summed E-state index contributed by atoms with van der Waals surface area (Å²) in [4.78, 5) is 6.34. The van der Waals surface area contributed by atoms with Crippen molar-refractivity contribution >= 4 is 11.6 Å². The van der Waals surface area contributed by atoms with Gasteiger partial charge in [0.2, 0.25) is 0 Å². The Balaban J connectivity index is 1.32. The van der Waals surface area contributed by atoms with Crippen molar-refractivity contribution in [3.05, 3.63) is 29.8 Å². The predicted molar refractivity (Wildman–Crippen MR) is 106 cm³/mol. The molecule has 2 aliphatic rings. The Kier molecular flexibility index (Phi) is 7.85. The van der Waals surface area contributed by atoms with E-state index >= 15 is 0 Å². The van der Waals surface area contributed by atoms with Crippen LogP contribution in [0.3, 0.4) is 0 Å². The number of ether oxygens (including phenoxy) is 2. The standard InChI is InChI=1S/C20H30F2N4O2/c1-23-20(24-7-2-9-28-17-6-10-27-14-17)25-12-15-5-8-26(13-15)16-3-4-18(21)19(22)11-16/h3-4,11,15,17H,2,5-10,12-14H2,1H3,(H2,23,24,25). The van der Waals surface area contributed by atoms with Gasteiger partial charge in [0.05, 0.1) is 12.7 Å². The molecule has 2 heterocycles. The Labute approximate surface area is 165 Å². The molecule has 8 heteroatoms. The lowest BCUT2D eigenvalue weighted by Gasteiger charge is -2.19. The van der Waals surface area contributed by atoms with Crippen LogP contribution in [0, 0.1) is 17.6 Å². The van der Waals surface area contributed by atoms with Crippen LogP contribution in [0.5, 0.6) is 0 Å². The first-order valence-electron chi connectivity index (χ1n) is 9.99. The van der Waals surface area contributed by atoms with Crippen molar-refractivity contribution in [2.45, 2.75) is 25.4 Å². The number of anilines is 1. The summed E-state index contributed by atoms with van der Waals surface area (Å²) in [7, 11) is 1.75. The summed E-state index contributed by atoms with van der Waals surface area (Å²) in [5.74, 6) is -0.404. The quantitative estimate of drug-likeness (QED) is 0.401. The van der Waals surface area contributed by atoms with E-state index in [4.69, 9.17) is 9.47 Å². The van der Waals surface area contributed by atoms with Gasteiger partial charge in [0.15, 0.2) is 17.6 Å². The molecule has 2 atom stereocenters. The van der Waals surface area contributed by atoms with Gasteiger partial charge in [-0.15, -0.1) is 0 Å². The highest BCUT2D eigenvalue weighted by atomic mass is 19.2. The molecule has 2 saturated heterocycles. The summed E-state index contributed by atoms with van der Waals surface area (Å²) >= 11 is 0. The second-order valence-corrected chi connectivity index (χ2v) is 7.29. The number of guanidine groups is 1. The van der Waals surface area contributed by atoms with Crippen molar-refractivity contribution in [2.75, 3.05) is 57.9 Å². The van der Waals surface area contributed by atoms with E-state index in [2.05, 4.69) is 20.5 Å². The van der Waals surface area contributed by atoms with Gasteiger partial charge < -0.3 is 25.0 Å². The van der Waals surface area contributed by atoms with Crippen molar-refractivity contribution in [1.29, 1.82) is 0 Å². The van der Waals surface area contributed by atoms with E-state index in [1.807, 2.05) is 0 Å². The molecule has 0 saturated carbocycles. The summed E-state index contributed by atoms with van der Waals surface area (Å²) in [6, 6.07) is 4.09. The summed E-state index contributed by atoms with van der Waals surface area (Å²) in [6.07, 6.45) is 3.14.